The molecule has 8 nitrogen and oxygen atoms in total. The van der Waals surface area contributed by atoms with Gasteiger partial charge in [0.1, 0.15) is 19.0 Å². The summed E-state index contributed by atoms with van der Waals surface area (Å²) in [5, 5.41) is 13.5. The maximum atomic E-state index is 12.6. The molecule has 0 saturated heterocycles. The van der Waals surface area contributed by atoms with Crippen LogP contribution in [-0.2, 0) is 6.61 Å². The molecule has 0 atom stereocenters. The maximum Gasteiger partial charge on any atom is 0.335 e. The fourth-order valence-corrected chi connectivity index (χ4v) is 3.25. The molecular weight excluding hydrogens is 484 g/mol. The van der Waals surface area contributed by atoms with Gasteiger partial charge in [-0.1, -0.05) is 36.4 Å². The van der Waals surface area contributed by atoms with Crippen LogP contribution < -0.4 is 19.6 Å². The van der Waals surface area contributed by atoms with E-state index in [1.165, 1.54) is 18.3 Å². The van der Waals surface area contributed by atoms with Crippen LogP contribution in [-0.4, -0.2) is 36.4 Å². The highest BCUT2D eigenvalue weighted by molar-refractivity contribution is 6.30. The first-order valence-electron chi connectivity index (χ1n) is 11.0. The van der Waals surface area contributed by atoms with Gasteiger partial charge in [-0.2, -0.15) is 5.10 Å². The first-order chi connectivity index (χ1) is 17.4. The smallest absolute Gasteiger partial charge is 0.335 e. The van der Waals surface area contributed by atoms with Gasteiger partial charge in [0.2, 0.25) is 0 Å². The average molecular weight is 509 g/mol. The number of halogens is 1. The largest absolute Gasteiger partial charge is 0.490 e. The Kier molecular flexibility index (Phi) is 9.48. The van der Waals surface area contributed by atoms with Crippen LogP contribution in [0.3, 0.4) is 0 Å². The molecule has 0 radical (unpaired) electrons. The Bertz CT molecular complexity index is 1260. The van der Waals surface area contributed by atoms with E-state index in [1.54, 1.807) is 54.6 Å². The first kappa shape index (κ1) is 26.3. The Morgan fingerprint density at radius 1 is 0.972 bits per heavy atom. The highest BCUT2D eigenvalue weighted by Gasteiger charge is 2.12. The molecule has 36 heavy (non-hydrogen) atoms. The summed E-state index contributed by atoms with van der Waals surface area (Å²) in [7, 11) is 0. The molecule has 3 aromatic carbocycles. The molecule has 186 valence electrons. The van der Waals surface area contributed by atoms with Crippen molar-refractivity contribution in [3.8, 4) is 17.2 Å². The molecule has 9 heteroatoms. The third kappa shape index (κ3) is 7.35. The zero-order valence-electron chi connectivity index (χ0n) is 19.6. The van der Waals surface area contributed by atoms with Crippen LogP contribution in [0.15, 0.2) is 78.4 Å². The molecule has 0 aromatic heterocycles. The van der Waals surface area contributed by atoms with Gasteiger partial charge in [-0.15, -0.1) is 0 Å². The van der Waals surface area contributed by atoms with Crippen molar-refractivity contribution in [3.63, 3.8) is 0 Å². The van der Waals surface area contributed by atoms with Crippen molar-refractivity contribution < 1.29 is 28.9 Å². The number of carbonyl (C=O) groups is 2. The molecule has 0 heterocycles. The number of rotatable bonds is 12. The van der Waals surface area contributed by atoms with Crippen molar-refractivity contribution in [1.82, 2.24) is 5.43 Å². The number of ether oxygens (including phenoxy) is 3. The Hall–Kier alpha value is -4.30. The number of hydrogen-bond acceptors (Lipinski definition) is 6. The van der Waals surface area contributed by atoms with Crippen LogP contribution in [0, 0.1) is 0 Å². The standard InChI is InChI=1S/C27H25ClN2O6/c1-3-13-35-24-11-9-20(15-25(24)34-4-2)26(31)30-29-16-21-14-22(28)10-12-23(21)36-17-18-5-7-19(8-6-18)27(32)33/h3,5-12,14-16H,1,4,13,17H2,2H3,(H,30,31)(H,32,33)/b29-16+. The number of carboxylic acids is 1. The van der Waals surface area contributed by atoms with Crippen LogP contribution in [0.1, 0.15) is 38.8 Å². The monoisotopic (exact) mass is 508 g/mol. The van der Waals surface area contributed by atoms with E-state index in [0.29, 0.717) is 46.6 Å². The SMILES string of the molecule is C=CCOc1ccc(C(=O)N/N=C/c2cc(Cl)ccc2OCc2ccc(C(=O)O)cc2)cc1OCC. The van der Waals surface area contributed by atoms with Crippen LogP contribution in [0.2, 0.25) is 5.02 Å². The van der Waals surface area contributed by atoms with Crippen LogP contribution in [0.4, 0.5) is 0 Å². The minimum absolute atomic E-state index is 0.195. The van der Waals surface area contributed by atoms with Gasteiger partial charge in [0, 0.05) is 16.1 Å². The minimum Gasteiger partial charge on any atom is -0.490 e. The molecule has 3 rings (SSSR count). The van der Waals surface area contributed by atoms with E-state index in [-0.39, 0.29) is 12.2 Å². The molecule has 2 N–H and O–H groups in total. The van der Waals surface area contributed by atoms with Crippen molar-refractivity contribution in [3.05, 3.63) is 101 Å². The number of nitrogens with zero attached hydrogens (tertiary/aromatic N) is 1. The molecule has 0 bridgehead atoms. The summed E-state index contributed by atoms with van der Waals surface area (Å²) in [6.07, 6.45) is 3.05. The molecule has 0 saturated carbocycles. The molecule has 0 aliphatic carbocycles. The molecular formula is C27H25ClN2O6. The number of benzene rings is 3. The lowest BCUT2D eigenvalue weighted by molar-refractivity contribution is 0.0696. The Morgan fingerprint density at radius 2 is 1.69 bits per heavy atom. The second-order valence-corrected chi connectivity index (χ2v) is 7.80. The average Bonchev–Trinajstić information content (AvgIpc) is 2.87. The summed E-state index contributed by atoms with van der Waals surface area (Å²) in [6, 6.07) is 16.2. The number of nitrogens with one attached hydrogen (secondary N) is 1. The summed E-state index contributed by atoms with van der Waals surface area (Å²) in [4.78, 5) is 23.6. The lowest BCUT2D eigenvalue weighted by atomic mass is 10.1. The van der Waals surface area contributed by atoms with Crippen LogP contribution in [0.25, 0.3) is 0 Å². The van der Waals surface area contributed by atoms with Crippen molar-refractivity contribution in [1.29, 1.82) is 0 Å². The summed E-state index contributed by atoms with van der Waals surface area (Å²) in [5.41, 5.74) is 4.36. The van der Waals surface area contributed by atoms with Crippen molar-refractivity contribution in [2.45, 2.75) is 13.5 Å². The first-order valence-corrected chi connectivity index (χ1v) is 11.4. The second kappa shape index (κ2) is 13.0. The zero-order chi connectivity index (χ0) is 25.9. The van der Waals surface area contributed by atoms with E-state index in [1.807, 2.05) is 6.92 Å². The van der Waals surface area contributed by atoms with E-state index in [4.69, 9.17) is 30.9 Å². The number of hydrazone groups is 1. The molecule has 0 aliphatic heterocycles. The Balaban J connectivity index is 1.68. The molecule has 0 unspecified atom stereocenters. The third-order valence-corrected chi connectivity index (χ3v) is 5.03. The van der Waals surface area contributed by atoms with Crippen molar-refractivity contribution in [2.24, 2.45) is 5.10 Å². The second-order valence-electron chi connectivity index (χ2n) is 7.37. The number of carbonyl (C=O) groups excluding carboxylic acids is 1. The normalized spacial score (nSPS) is 10.6. The van der Waals surface area contributed by atoms with Crippen molar-refractivity contribution in [2.75, 3.05) is 13.2 Å². The molecule has 0 fully saturated rings. The van der Waals surface area contributed by atoms with Gasteiger partial charge >= 0.3 is 5.97 Å². The van der Waals surface area contributed by atoms with E-state index in [9.17, 15) is 9.59 Å². The van der Waals surface area contributed by atoms with Gasteiger partial charge in [0.25, 0.3) is 5.91 Å². The maximum absolute atomic E-state index is 12.6. The van der Waals surface area contributed by atoms with Crippen molar-refractivity contribution >= 4 is 29.7 Å². The van der Waals surface area contributed by atoms with Gasteiger partial charge in [-0.3, -0.25) is 4.79 Å². The number of amides is 1. The van der Waals surface area contributed by atoms with Gasteiger partial charge in [-0.25, -0.2) is 10.2 Å². The third-order valence-electron chi connectivity index (χ3n) is 4.80. The number of carboxylic acid groups (broad SMARTS) is 1. The van der Waals surface area contributed by atoms with E-state index < -0.39 is 11.9 Å². The topological polar surface area (TPSA) is 106 Å². The van der Waals surface area contributed by atoms with E-state index in [2.05, 4.69) is 17.1 Å². The highest BCUT2D eigenvalue weighted by atomic mass is 35.5. The quantitative estimate of drug-likeness (QED) is 0.194. The summed E-state index contributed by atoms with van der Waals surface area (Å²) < 4.78 is 17.0. The van der Waals surface area contributed by atoms with Gasteiger partial charge in [0.05, 0.1) is 18.4 Å². The number of aromatic carboxylic acids is 1. The van der Waals surface area contributed by atoms with Crippen LogP contribution >= 0.6 is 11.6 Å². The predicted molar refractivity (Wildman–Crippen MR) is 138 cm³/mol. The van der Waals surface area contributed by atoms with E-state index >= 15 is 0 Å². The fraction of sp³-hybridized carbons (Fsp3) is 0.148. The number of hydrogen-bond donors (Lipinski definition) is 2. The molecule has 0 aliphatic rings. The summed E-state index contributed by atoms with van der Waals surface area (Å²) >= 11 is 6.12. The van der Waals surface area contributed by atoms with Gasteiger partial charge < -0.3 is 19.3 Å². The molecule has 0 spiro atoms. The predicted octanol–water partition coefficient (Wildman–Crippen LogP) is 5.34. The molecule has 3 aromatic rings. The lowest BCUT2D eigenvalue weighted by Gasteiger charge is -2.12. The van der Waals surface area contributed by atoms with Gasteiger partial charge in [0.15, 0.2) is 11.5 Å². The lowest BCUT2D eigenvalue weighted by Crippen LogP contribution is -2.18. The summed E-state index contributed by atoms with van der Waals surface area (Å²) in [6.45, 7) is 6.39. The van der Waals surface area contributed by atoms with Gasteiger partial charge in [-0.05, 0) is 61.0 Å². The fourth-order valence-electron chi connectivity index (χ4n) is 3.07. The summed E-state index contributed by atoms with van der Waals surface area (Å²) in [5.74, 6) is 0.00682. The Morgan fingerprint density at radius 3 is 2.39 bits per heavy atom. The molecule has 1 amide bonds. The zero-order valence-corrected chi connectivity index (χ0v) is 20.3. The Labute approximate surface area is 213 Å². The minimum atomic E-state index is -0.994. The highest BCUT2D eigenvalue weighted by Crippen LogP contribution is 2.28. The van der Waals surface area contributed by atoms with E-state index in [0.717, 1.165) is 5.56 Å². The van der Waals surface area contributed by atoms with Crippen LogP contribution in [0.5, 0.6) is 17.2 Å².